The van der Waals surface area contributed by atoms with E-state index in [4.69, 9.17) is 11.6 Å². The van der Waals surface area contributed by atoms with Gasteiger partial charge in [-0.05, 0) is 13.0 Å². The zero-order chi connectivity index (χ0) is 9.52. The molecule has 0 aliphatic heterocycles. The molecule has 1 aromatic rings. The van der Waals surface area contributed by atoms with E-state index in [1.807, 2.05) is 10.9 Å². The molecule has 0 fully saturated rings. The van der Waals surface area contributed by atoms with Gasteiger partial charge in [-0.2, -0.15) is 5.10 Å². The molecular formula is C9H16ClN3. The summed E-state index contributed by atoms with van der Waals surface area (Å²) in [6.07, 6.45) is 5.97. The largest absolute Gasteiger partial charge is 0.315 e. The predicted molar refractivity (Wildman–Crippen MR) is 55.0 cm³/mol. The van der Waals surface area contributed by atoms with Crippen molar-refractivity contribution in [1.29, 1.82) is 0 Å². The average Bonchev–Trinajstić information content (AvgIpc) is 2.51. The topological polar surface area (TPSA) is 29.9 Å². The Morgan fingerprint density at radius 3 is 3.00 bits per heavy atom. The lowest BCUT2D eigenvalue weighted by molar-refractivity contribution is 0.545. The Morgan fingerprint density at radius 2 is 2.38 bits per heavy atom. The minimum Gasteiger partial charge on any atom is -0.315 e. The highest BCUT2D eigenvalue weighted by atomic mass is 35.5. The Labute approximate surface area is 84.1 Å². The van der Waals surface area contributed by atoms with E-state index in [0.717, 1.165) is 19.6 Å². The number of nitrogens with one attached hydrogen (secondary N) is 1. The minimum absolute atomic E-state index is 0.702. The molecule has 1 rings (SSSR count). The Kier molecular flexibility index (Phi) is 4.86. The van der Waals surface area contributed by atoms with E-state index in [-0.39, 0.29) is 0 Å². The zero-order valence-electron chi connectivity index (χ0n) is 7.96. The molecule has 0 unspecified atom stereocenters. The summed E-state index contributed by atoms with van der Waals surface area (Å²) in [4.78, 5) is 0. The third-order valence-corrected chi connectivity index (χ3v) is 2.02. The molecular weight excluding hydrogens is 186 g/mol. The number of unbranched alkanes of at least 4 members (excludes halogenated alkanes) is 1. The van der Waals surface area contributed by atoms with Gasteiger partial charge in [0.1, 0.15) is 0 Å². The molecule has 0 saturated heterocycles. The average molecular weight is 202 g/mol. The second-order valence-corrected chi connectivity index (χ2v) is 3.46. The van der Waals surface area contributed by atoms with Crippen LogP contribution in [0.15, 0.2) is 12.4 Å². The Bertz CT molecular complexity index is 235. The summed E-state index contributed by atoms with van der Waals surface area (Å²) in [5.41, 5.74) is 0. The van der Waals surface area contributed by atoms with Crippen LogP contribution in [0.2, 0.25) is 5.02 Å². The molecule has 0 aliphatic rings. The zero-order valence-corrected chi connectivity index (χ0v) is 8.72. The normalized spacial score (nSPS) is 10.6. The van der Waals surface area contributed by atoms with Gasteiger partial charge in [0.2, 0.25) is 0 Å². The van der Waals surface area contributed by atoms with Crippen LogP contribution >= 0.6 is 11.6 Å². The van der Waals surface area contributed by atoms with Gasteiger partial charge in [0.05, 0.1) is 17.8 Å². The van der Waals surface area contributed by atoms with Gasteiger partial charge in [0.15, 0.2) is 0 Å². The van der Waals surface area contributed by atoms with Gasteiger partial charge in [-0.15, -0.1) is 0 Å². The first-order chi connectivity index (χ1) is 6.33. The molecule has 0 saturated carbocycles. The SMILES string of the molecule is CCCCNCCn1cc(Cl)cn1. The highest BCUT2D eigenvalue weighted by Crippen LogP contribution is 2.03. The van der Waals surface area contributed by atoms with Crippen LogP contribution in [-0.4, -0.2) is 22.9 Å². The summed E-state index contributed by atoms with van der Waals surface area (Å²) in [5.74, 6) is 0. The van der Waals surface area contributed by atoms with Crippen molar-refractivity contribution in [3.8, 4) is 0 Å². The van der Waals surface area contributed by atoms with E-state index < -0.39 is 0 Å². The first kappa shape index (κ1) is 10.5. The molecule has 0 amide bonds. The lowest BCUT2D eigenvalue weighted by atomic mass is 10.3. The van der Waals surface area contributed by atoms with E-state index in [1.54, 1.807) is 6.20 Å². The smallest absolute Gasteiger partial charge is 0.0785 e. The van der Waals surface area contributed by atoms with E-state index in [2.05, 4.69) is 17.3 Å². The lowest BCUT2D eigenvalue weighted by Gasteiger charge is -2.03. The summed E-state index contributed by atoms with van der Waals surface area (Å²) in [6.45, 7) is 5.12. The van der Waals surface area contributed by atoms with E-state index in [9.17, 15) is 0 Å². The van der Waals surface area contributed by atoms with Gasteiger partial charge >= 0.3 is 0 Å². The van der Waals surface area contributed by atoms with Crippen LogP contribution in [0.1, 0.15) is 19.8 Å². The van der Waals surface area contributed by atoms with Crippen molar-refractivity contribution in [2.45, 2.75) is 26.3 Å². The highest BCUT2D eigenvalue weighted by molar-refractivity contribution is 6.30. The Morgan fingerprint density at radius 1 is 1.54 bits per heavy atom. The lowest BCUT2D eigenvalue weighted by Crippen LogP contribution is -2.21. The van der Waals surface area contributed by atoms with Gasteiger partial charge in [-0.3, -0.25) is 4.68 Å². The van der Waals surface area contributed by atoms with Crippen LogP contribution in [-0.2, 0) is 6.54 Å². The van der Waals surface area contributed by atoms with Crippen molar-refractivity contribution in [3.63, 3.8) is 0 Å². The molecule has 1 aromatic heterocycles. The van der Waals surface area contributed by atoms with Crippen molar-refractivity contribution < 1.29 is 0 Å². The Hall–Kier alpha value is -0.540. The monoisotopic (exact) mass is 201 g/mol. The van der Waals surface area contributed by atoms with E-state index in [1.165, 1.54) is 12.8 Å². The fraction of sp³-hybridized carbons (Fsp3) is 0.667. The maximum Gasteiger partial charge on any atom is 0.0785 e. The van der Waals surface area contributed by atoms with Crippen LogP contribution in [0.5, 0.6) is 0 Å². The number of aromatic nitrogens is 2. The fourth-order valence-corrected chi connectivity index (χ4v) is 1.24. The van der Waals surface area contributed by atoms with Gasteiger partial charge in [-0.25, -0.2) is 0 Å². The van der Waals surface area contributed by atoms with Gasteiger partial charge in [-0.1, -0.05) is 24.9 Å². The summed E-state index contributed by atoms with van der Waals surface area (Å²) in [6, 6.07) is 0. The summed E-state index contributed by atoms with van der Waals surface area (Å²) in [7, 11) is 0. The summed E-state index contributed by atoms with van der Waals surface area (Å²) in [5, 5.41) is 8.12. The third-order valence-electron chi connectivity index (χ3n) is 1.83. The van der Waals surface area contributed by atoms with Crippen molar-refractivity contribution in [2.24, 2.45) is 0 Å². The van der Waals surface area contributed by atoms with Gasteiger partial charge < -0.3 is 5.32 Å². The summed E-state index contributed by atoms with van der Waals surface area (Å²) >= 11 is 5.72. The van der Waals surface area contributed by atoms with Crippen LogP contribution in [0, 0.1) is 0 Å². The maximum absolute atomic E-state index is 5.72. The molecule has 0 spiro atoms. The van der Waals surface area contributed by atoms with E-state index in [0.29, 0.717) is 5.02 Å². The molecule has 1 N–H and O–H groups in total. The number of hydrogen-bond acceptors (Lipinski definition) is 2. The molecule has 0 aromatic carbocycles. The first-order valence-corrected chi connectivity index (χ1v) is 5.09. The number of halogens is 1. The fourth-order valence-electron chi connectivity index (χ4n) is 1.08. The van der Waals surface area contributed by atoms with Crippen molar-refractivity contribution >= 4 is 11.6 Å². The van der Waals surface area contributed by atoms with Crippen LogP contribution < -0.4 is 5.32 Å². The molecule has 0 bridgehead atoms. The van der Waals surface area contributed by atoms with Gasteiger partial charge in [0, 0.05) is 12.7 Å². The van der Waals surface area contributed by atoms with Crippen LogP contribution in [0.4, 0.5) is 0 Å². The molecule has 0 radical (unpaired) electrons. The quantitative estimate of drug-likeness (QED) is 0.713. The predicted octanol–water partition coefficient (Wildman–Crippen LogP) is 1.93. The number of hydrogen-bond donors (Lipinski definition) is 1. The molecule has 3 nitrogen and oxygen atoms in total. The van der Waals surface area contributed by atoms with Crippen LogP contribution in [0.25, 0.3) is 0 Å². The van der Waals surface area contributed by atoms with Crippen molar-refractivity contribution in [1.82, 2.24) is 15.1 Å². The summed E-state index contributed by atoms with van der Waals surface area (Å²) < 4.78 is 1.85. The number of nitrogens with zero attached hydrogens (tertiary/aromatic N) is 2. The standard InChI is InChI=1S/C9H16ClN3/c1-2-3-4-11-5-6-13-8-9(10)7-12-13/h7-8,11H,2-6H2,1H3. The molecule has 1 heterocycles. The molecule has 4 heteroatoms. The maximum atomic E-state index is 5.72. The van der Waals surface area contributed by atoms with Crippen molar-refractivity contribution in [2.75, 3.05) is 13.1 Å². The van der Waals surface area contributed by atoms with Crippen LogP contribution in [0.3, 0.4) is 0 Å². The third kappa shape index (κ3) is 4.29. The minimum atomic E-state index is 0.702. The Balaban J connectivity index is 2.06. The first-order valence-electron chi connectivity index (χ1n) is 4.71. The molecule has 13 heavy (non-hydrogen) atoms. The molecule has 0 atom stereocenters. The van der Waals surface area contributed by atoms with E-state index >= 15 is 0 Å². The molecule has 74 valence electrons. The number of rotatable bonds is 6. The second kappa shape index (κ2) is 6.00. The van der Waals surface area contributed by atoms with Gasteiger partial charge in [0.25, 0.3) is 0 Å². The molecule has 0 aliphatic carbocycles. The second-order valence-electron chi connectivity index (χ2n) is 3.03. The van der Waals surface area contributed by atoms with Crippen molar-refractivity contribution in [3.05, 3.63) is 17.4 Å². The highest BCUT2D eigenvalue weighted by Gasteiger charge is 1.93.